The molecule has 0 saturated carbocycles. The van der Waals surface area contributed by atoms with E-state index in [4.69, 9.17) is 9.47 Å². The molecule has 36 heavy (non-hydrogen) atoms. The third kappa shape index (κ3) is 6.04. The van der Waals surface area contributed by atoms with Crippen molar-refractivity contribution in [1.82, 2.24) is 10.3 Å². The second-order valence-electron chi connectivity index (χ2n) is 8.47. The first-order valence-electron chi connectivity index (χ1n) is 11.7. The Morgan fingerprint density at radius 1 is 0.917 bits per heavy atom. The molecule has 0 fully saturated rings. The molecule has 3 aromatic carbocycles. The predicted molar refractivity (Wildman–Crippen MR) is 138 cm³/mol. The molecule has 4 rings (SSSR count). The third-order valence-corrected chi connectivity index (χ3v) is 6.02. The fourth-order valence-corrected chi connectivity index (χ4v) is 4.09. The number of H-pyrrole nitrogens is 1. The molecule has 0 radical (unpaired) electrons. The molecule has 8 heteroatoms. The summed E-state index contributed by atoms with van der Waals surface area (Å²) in [5.74, 6) is 1.25. The van der Waals surface area contributed by atoms with Crippen molar-refractivity contribution in [3.05, 3.63) is 99.8 Å². The Labute approximate surface area is 208 Å². The van der Waals surface area contributed by atoms with Gasteiger partial charge in [0.05, 0.1) is 18.7 Å². The number of ether oxygens (including phenoxy) is 2. The van der Waals surface area contributed by atoms with Crippen LogP contribution >= 0.6 is 0 Å². The third-order valence-electron chi connectivity index (χ3n) is 6.02. The first-order valence-corrected chi connectivity index (χ1v) is 11.7. The summed E-state index contributed by atoms with van der Waals surface area (Å²) in [4.78, 5) is 14.2. The number of aromatic hydroxyl groups is 1. The summed E-state index contributed by atoms with van der Waals surface area (Å²) in [5.41, 5.74) is 2.41. The predicted octanol–water partition coefficient (Wildman–Crippen LogP) is 3.22. The molecule has 0 unspecified atom stereocenters. The normalized spacial score (nSPS) is 12.9. The van der Waals surface area contributed by atoms with E-state index in [1.54, 1.807) is 25.3 Å². The summed E-state index contributed by atoms with van der Waals surface area (Å²) < 4.78 is 11.0. The number of aromatic nitrogens is 1. The van der Waals surface area contributed by atoms with Gasteiger partial charge in [-0.2, -0.15) is 0 Å². The number of pyridine rings is 1. The molecule has 188 valence electrons. The number of aliphatic hydroxyl groups is 2. The monoisotopic (exact) mass is 490 g/mol. The number of fused-ring (bicyclic) bond motifs is 1. The SMILES string of the molecule is COc1ccccc1[C@@H](O)COc1ccc(CCNC[C@H](O)c2ccc(O)c3[nH]c(=O)ccc23)cc1. The fourth-order valence-electron chi connectivity index (χ4n) is 4.09. The highest BCUT2D eigenvalue weighted by Gasteiger charge is 2.15. The van der Waals surface area contributed by atoms with Gasteiger partial charge in [-0.3, -0.25) is 4.79 Å². The van der Waals surface area contributed by atoms with Crippen molar-refractivity contribution in [2.24, 2.45) is 0 Å². The van der Waals surface area contributed by atoms with Crippen LogP contribution in [0.15, 0.2) is 77.6 Å². The molecule has 4 aromatic rings. The number of nitrogens with one attached hydrogen (secondary N) is 2. The second kappa shape index (κ2) is 11.7. The largest absolute Gasteiger partial charge is 0.506 e. The summed E-state index contributed by atoms with van der Waals surface area (Å²) in [5, 5.41) is 34.9. The zero-order valence-electron chi connectivity index (χ0n) is 20.0. The number of aliphatic hydroxyl groups excluding tert-OH is 2. The summed E-state index contributed by atoms with van der Waals surface area (Å²) in [7, 11) is 1.57. The van der Waals surface area contributed by atoms with Crippen LogP contribution < -0.4 is 20.3 Å². The number of para-hydroxylation sites is 1. The van der Waals surface area contributed by atoms with Crippen molar-refractivity contribution in [3.8, 4) is 17.2 Å². The number of hydrogen-bond donors (Lipinski definition) is 5. The lowest BCUT2D eigenvalue weighted by Gasteiger charge is -2.16. The van der Waals surface area contributed by atoms with E-state index in [2.05, 4.69) is 10.3 Å². The Morgan fingerprint density at radius 2 is 1.69 bits per heavy atom. The lowest BCUT2D eigenvalue weighted by molar-refractivity contribution is 0.105. The molecular formula is C28H30N2O6. The van der Waals surface area contributed by atoms with Gasteiger partial charge in [0.1, 0.15) is 30.0 Å². The minimum absolute atomic E-state index is 0.0339. The number of aromatic amines is 1. The van der Waals surface area contributed by atoms with E-state index in [1.165, 1.54) is 12.1 Å². The maximum Gasteiger partial charge on any atom is 0.248 e. The molecule has 1 heterocycles. The average Bonchev–Trinajstić information content (AvgIpc) is 2.90. The maximum absolute atomic E-state index is 11.6. The molecule has 1 aromatic heterocycles. The number of methoxy groups -OCH3 is 1. The van der Waals surface area contributed by atoms with Gasteiger partial charge in [0.2, 0.25) is 5.56 Å². The van der Waals surface area contributed by atoms with Crippen molar-refractivity contribution in [2.75, 3.05) is 26.8 Å². The Bertz CT molecular complexity index is 1350. The van der Waals surface area contributed by atoms with E-state index in [0.29, 0.717) is 46.6 Å². The molecule has 0 amide bonds. The van der Waals surface area contributed by atoms with Crippen molar-refractivity contribution >= 4 is 10.9 Å². The number of hydrogen-bond acceptors (Lipinski definition) is 7. The van der Waals surface area contributed by atoms with Crippen LogP contribution in [0.5, 0.6) is 17.2 Å². The molecule has 5 N–H and O–H groups in total. The fraction of sp³-hybridized carbons (Fsp3) is 0.250. The summed E-state index contributed by atoms with van der Waals surface area (Å²) >= 11 is 0. The van der Waals surface area contributed by atoms with E-state index in [0.717, 1.165) is 12.0 Å². The Balaban J connectivity index is 1.25. The molecule has 0 saturated heterocycles. The van der Waals surface area contributed by atoms with E-state index in [-0.39, 0.29) is 17.9 Å². The molecule has 0 aliphatic heterocycles. The Hall–Kier alpha value is -3.85. The van der Waals surface area contributed by atoms with Crippen molar-refractivity contribution in [3.63, 3.8) is 0 Å². The summed E-state index contributed by atoms with van der Waals surface area (Å²) in [6.45, 7) is 1.08. The smallest absolute Gasteiger partial charge is 0.248 e. The van der Waals surface area contributed by atoms with Gasteiger partial charge in [0.25, 0.3) is 0 Å². The average molecular weight is 491 g/mol. The van der Waals surface area contributed by atoms with Crippen molar-refractivity contribution < 1.29 is 24.8 Å². The van der Waals surface area contributed by atoms with Gasteiger partial charge in [-0.25, -0.2) is 0 Å². The standard InChI is InChI=1S/C28H30N2O6/c1-35-26-5-3-2-4-22(26)25(33)17-36-19-8-6-18(7-9-19)14-15-29-16-24(32)20-10-12-23(31)28-21(20)11-13-27(34)30-28/h2-13,24-25,29,31-33H,14-17H2,1H3,(H,30,34)/t24-,25-/m0/s1. The maximum atomic E-state index is 11.6. The number of phenols is 1. The first kappa shape index (κ1) is 25.2. The van der Waals surface area contributed by atoms with Gasteiger partial charge in [0, 0.05) is 23.6 Å². The van der Waals surface area contributed by atoms with Crippen LogP contribution in [0, 0.1) is 0 Å². The first-order chi connectivity index (χ1) is 17.5. The highest BCUT2D eigenvalue weighted by atomic mass is 16.5. The van der Waals surface area contributed by atoms with Crippen molar-refractivity contribution in [2.45, 2.75) is 18.6 Å². The van der Waals surface area contributed by atoms with Gasteiger partial charge < -0.3 is 35.1 Å². The molecule has 0 aliphatic rings. The Morgan fingerprint density at radius 3 is 2.47 bits per heavy atom. The number of benzene rings is 3. The molecular weight excluding hydrogens is 460 g/mol. The quantitative estimate of drug-likeness (QED) is 0.205. The van der Waals surface area contributed by atoms with Crippen LogP contribution in [0.4, 0.5) is 0 Å². The molecule has 2 atom stereocenters. The lowest BCUT2D eigenvalue weighted by Crippen LogP contribution is -2.24. The topological polar surface area (TPSA) is 124 Å². The van der Waals surface area contributed by atoms with Crippen LogP contribution in [-0.4, -0.2) is 47.1 Å². The summed E-state index contributed by atoms with van der Waals surface area (Å²) in [6, 6.07) is 21.1. The van der Waals surface area contributed by atoms with Crippen LogP contribution in [0.3, 0.4) is 0 Å². The van der Waals surface area contributed by atoms with E-state index in [9.17, 15) is 20.1 Å². The van der Waals surface area contributed by atoms with Gasteiger partial charge >= 0.3 is 0 Å². The van der Waals surface area contributed by atoms with Gasteiger partial charge in [-0.1, -0.05) is 36.4 Å². The van der Waals surface area contributed by atoms with Gasteiger partial charge in [-0.15, -0.1) is 0 Å². The second-order valence-corrected chi connectivity index (χ2v) is 8.47. The lowest BCUT2D eigenvalue weighted by atomic mass is 10.0. The van der Waals surface area contributed by atoms with Crippen LogP contribution in [-0.2, 0) is 6.42 Å². The number of phenolic OH excluding ortho intramolecular Hbond substituents is 1. The number of rotatable bonds is 11. The summed E-state index contributed by atoms with van der Waals surface area (Å²) in [6.07, 6.45) is -0.854. The highest BCUT2D eigenvalue weighted by Crippen LogP contribution is 2.28. The highest BCUT2D eigenvalue weighted by molar-refractivity contribution is 5.87. The van der Waals surface area contributed by atoms with E-state index in [1.807, 2.05) is 42.5 Å². The van der Waals surface area contributed by atoms with Crippen LogP contribution in [0.25, 0.3) is 10.9 Å². The molecule has 0 bridgehead atoms. The minimum Gasteiger partial charge on any atom is -0.506 e. The minimum atomic E-state index is -0.803. The molecule has 8 nitrogen and oxygen atoms in total. The van der Waals surface area contributed by atoms with Gasteiger partial charge in [0.15, 0.2) is 0 Å². The van der Waals surface area contributed by atoms with E-state index < -0.39 is 12.2 Å². The molecule has 0 aliphatic carbocycles. The van der Waals surface area contributed by atoms with Crippen LogP contribution in [0.2, 0.25) is 0 Å². The zero-order chi connectivity index (χ0) is 25.5. The van der Waals surface area contributed by atoms with E-state index >= 15 is 0 Å². The zero-order valence-corrected chi connectivity index (χ0v) is 20.0. The Kier molecular flexibility index (Phi) is 8.22. The van der Waals surface area contributed by atoms with Crippen LogP contribution in [0.1, 0.15) is 28.9 Å². The van der Waals surface area contributed by atoms with Gasteiger partial charge in [-0.05, 0) is 54.4 Å². The molecule has 0 spiro atoms. The van der Waals surface area contributed by atoms with Crippen molar-refractivity contribution in [1.29, 1.82) is 0 Å².